The predicted molar refractivity (Wildman–Crippen MR) is 107 cm³/mol. The molecule has 0 N–H and O–H groups in total. The van der Waals surface area contributed by atoms with Crippen LogP contribution < -0.4 is 4.74 Å². The molecule has 0 radical (unpaired) electrons. The first-order chi connectivity index (χ1) is 12.3. The summed E-state index contributed by atoms with van der Waals surface area (Å²) in [5.74, 6) is 1.51. The fourth-order valence-electron chi connectivity index (χ4n) is 2.74. The minimum atomic E-state index is -0.000477. The molecule has 0 saturated heterocycles. The zero-order chi connectivity index (χ0) is 19.3. The molecule has 0 bridgehead atoms. The number of amides is 1. The van der Waals surface area contributed by atoms with E-state index in [-0.39, 0.29) is 11.8 Å². The van der Waals surface area contributed by atoms with Crippen molar-refractivity contribution in [2.75, 3.05) is 6.54 Å². The van der Waals surface area contributed by atoms with Gasteiger partial charge in [-0.3, -0.25) is 4.79 Å². The number of aromatic nitrogens is 1. The van der Waals surface area contributed by atoms with Crippen LogP contribution in [0.3, 0.4) is 0 Å². The SMILES string of the molecule is Cc1cccc(OCc2nc(CN(CC(C)C)C(=O)C(C)C)cs2)c1C. The number of hydrogen-bond donors (Lipinski definition) is 0. The van der Waals surface area contributed by atoms with E-state index in [1.165, 1.54) is 5.56 Å². The van der Waals surface area contributed by atoms with Gasteiger partial charge in [-0.1, -0.05) is 39.8 Å². The van der Waals surface area contributed by atoms with Gasteiger partial charge in [0.15, 0.2) is 0 Å². The van der Waals surface area contributed by atoms with Crippen molar-refractivity contribution in [1.82, 2.24) is 9.88 Å². The lowest BCUT2D eigenvalue weighted by Gasteiger charge is -2.25. The van der Waals surface area contributed by atoms with Gasteiger partial charge in [0.25, 0.3) is 0 Å². The first-order valence-electron chi connectivity index (χ1n) is 9.19. The van der Waals surface area contributed by atoms with Crippen molar-refractivity contribution < 1.29 is 9.53 Å². The second kappa shape index (κ2) is 9.17. The highest BCUT2D eigenvalue weighted by Gasteiger charge is 2.19. The van der Waals surface area contributed by atoms with Crippen molar-refractivity contribution in [3.8, 4) is 5.75 Å². The summed E-state index contributed by atoms with van der Waals surface area (Å²) < 4.78 is 5.94. The quantitative estimate of drug-likeness (QED) is 0.654. The Labute approximate surface area is 161 Å². The van der Waals surface area contributed by atoms with Crippen LogP contribution in [0.4, 0.5) is 0 Å². The molecule has 0 aliphatic carbocycles. The van der Waals surface area contributed by atoms with E-state index in [4.69, 9.17) is 4.74 Å². The molecule has 0 unspecified atom stereocenters. The Morgan fingerprint density at radius 1 is 1.23 bits per heavy atom. The van der Waals surface area contributed by atoms with Gasteiger partial charge in [-0.25, -0.2) is 4.98 Å². The van der Waals surface area contributed by atoms with E-state index in [1.54, 1.807) is 11.3 Å². The number of hydrogen-bond acceptors (Lipinski definition) is 4. The molecule has 0 spiro atoms. The standard InChI is InChI=1S/C21H30N2O2S/c1-14(2)10-23(21(24)15(3)4)11-18-13-26-20(22-18)12-25-19-9-7-8-16(5)17(19)6/h7-9,13-15H,10-12H2,1-6H3. The molecule has 0 fully saturated rings. The summed E-state index contributed by atoms with van der Waals surface area (Å²) in [6.45, 7) is 14.1. The lowest BCUT2D eigenvalue weighted by atomic mass is 10.1. The number of carbonyl (C=O) groups is 1. The van der Waals surface area contributed by atoms with Gasteiger partial charge in [-0.05, 0) is 37.0 Å². The number of nitrogens with zero attached hydrogens (tertiary/aromatic N) is 2. The molecule has 2 aromatic rings. The van der Waals surface area contributed by atoms with Crippen LogP contribution in [0.15, 0.2) is 23.6 Å². The zero-order valence-corrected chi connectivity index (χ0v) is 17.5. The molecule has 1 aromatic heterocycles. The molecule has 5 heteroatoms. The summed E-state index contributed by atoms with van der Waals surface area (Å²) in [7, 11) is 0. The highest BCUT2D eigenvalue weighted by Crippen LogP contribution is 2.23. The molecule has 0 saturated carbocycles. The van der Waals surface area contributed by atoms with E-state index in [0.717, 1.165) is 28.6 Å². The lowest BCUT2D eigenvalue weighted by Crippen LogP contribution is -2.36. The van der Waals surface area contributed by atoms with Gasteiger partial charge >= 0.3 is 0 Å². The second-order valence-electron chi connectivity index (χ2n) is 7.49. The minimum absolute atomic E-state index is 0.000477. The Morgan fingerprint density at radius 2 is 1.96 bits per heavy atom. The summed E-state index contributed by atoms with van der Waals surface area (Å²) in [5, 5.41) is 2.96. The zero-order valence-electron chi connectivity index (χ0n) is 16.7. The number of thiazole rings is 1. The summed E-state index contributed by atoms with van der Waals surface area (Å²) in [6, 6.07) is 6.08. The second-order valence-corrected chi connectivity index (χ2v) is 8.43. The maximum Gasteiger partial charge on any atom is 0.225 e. The van der Waals surface area contributed by atoms with Gasteiger partial charge in [0.1, 0.15) is 17.4 Å². The smallest absolute Gasteiger partial charge is 0.225 e. The highest BCUT2D eigenvalue weighted by molar-refractivity contribution is 7.09. The van der Waals surface area contributed by atoms with E-state index < -0.39 is 0 Å². The summed E-state index contributed by atoms with van der Waals surface area (Å²) >= 11 is 1.59. The highest BCUT2D eigenvalue weighted by atomic mass is 32.1. The average molecular weight is 375 g/mol. The van der Waals surface area contributed by atoms with Gasteiger partial charge in [-0.15, -0.1) is 11.3 Å². The Hall–Kier alpha value is -1.88. The molecule has 142 valence electrons. The Balaban J connectivity index is 2.01. The molecule has 26 heavy (non-hydrogen) atoms. The maximum atomic E-state index is 12.4. The van der Waals surface area contributed by atoms with Crippen molar-refractivity contribution in [3.05, 3.63) is 45.4 Å². The summed E-state index contributed by atoms with van der Waals surface area (Å²) in [5.41, 5.74) is 3.32. The number of aryl methyl sites for hydroxylation is 1. The van der Waals surface area contributed by atoms with E-state index >= 15 is 0 Å². The van der Waals surface area contributed by atoms with Crippen LogP contribution in [0.25, 0.3) is 0 Å². The third-order valence-corrected chi connectivity index (χ3v) is 5.12. The third kappa shape index (κ3) is 5.56. The van der Waals surface area contributed by atoms with Crippen LogP contribution >= 0.6 is 11.3 Å². The molecular formula is C21H30N2O2S. The van der Waals surface area contributed by atoms with Crippen LogP contribution in [0.1, 0.15) is 49.5 Å². The molecule has 1 aromatic carbocycles. The van der Waals surface area contributed by atoms with Crippen LogP contribution in [0.5, 0.6) is 5.75 Å². The van der Waals surface area contributed by atoms with Crippen molar-refractivity contribution in [1.29, 1.82) is 0 Å². The fourth-order valence-corrected chi connectivity index (χ4v) is 3.44. The first-order valence-corrected chi connectivity index (χ1v) is 10.1. The predicted octanol–water partition coefficient (Wildman–Crippen LogP) is 4.98. The molecule has 4 nitrogen and oxygen atoms in total. The number of carbonyl (C=O) groups excluding carboxylic acids is 1. The topological polar surface area (TPSA) is 42.4 Å². The Kier molecular flexibility index (Phi) is 7.21. The van der Waals surface area contributed by atoms with E-state index in [9.17, 15) is 4.79 Å². The minimum Gasteiger partial charge on any atom is -0.486 e. The van der Waals surface area contributed by atoms with Crippen LogP contribution in [-0.4, -0.2) is 22.3 Å². The van der Waals surface area contributed by atoms with Crippen molar-refractivity contribution in [2.45, 2.75) is 54.7 Å². The average Bonchev–Trinajstić information content (AvgIpc) is 3.02. The van der Waals surface area contributed by atoms with E-state index in [1.807, 2.05) is 36.3 Å². The van der Waals surface area contributed by atoms with Gasteiger partial charge in [0, 0.05) is 17.8 Å². The maximum absolute atomic E-state index is 12.4. The first kappa shape index (κ1) is 20.4. The summed E-state index contributed by atoms with van der Waals surface area (Å²) in [6.07, 6.45) is 0. The number of rotatable bonds is 8. The normalized spacial score (nSPS) is 11.2. The fraction of sp³-hybridized carbons (Fsp3) is 0.524. The van der Waals surface area contributed by atoms with Gasteiger partial charge in [0.2, 0.25) is 5.91 Å². The van der Waals surface area contributed by atoms with E-state index in [0.29, 0.717) is 19.1 Å². The van der Waals surface area contributed by atoms with Crippen LogP contribution in [-0.2, 0) is 17.9 Å². The Bertz CT molecular complexity index is 737. The number of ether oxygens (including phenoxy) is 1. The molecule has 1 amide bonds. The van der Waals surface area contributed by atoms with Crippen LogP contribution in [0, 0.1) is 25.7 Å². The molecule has 0 aliphatic rings. The Morgan fingerprint density at radius 3 is 2.62 bits per heavy atom. The molecule has 2 rings (SSSR count). The monoisotopic (exact) mass is 374 g/mol. The van der Waals surface area contributed by atoms with E-state index in [2.05, 4.69) is 38.7 Å². The van der Waals surface area contributed by atoms with Crippen LogP contribution in [0.2, 0.25) is 0 Å². The molecule has 0 aliphatic heterocycles. The van der Waals surface area contributed by atoms with Crippen molar-refractivity contribution in [2.24, 2.45) is 11.8 Å². The third-order valence-electron chi connectivity index (χ3n) is 4.25. The number of benzene rings is 1. The van der Waals surface area contributed by atoms with Crippen molar-refractivity contribution in [3.63, 3.8) is 0 Å². The molecule has 1 heterocycles. The lowest BCUT2D eigenvalue weighted by molar-refractivity contribution is -0.135. The molecular weight excluding hydrogens is 344 g/mol. The molecule has 0 atom stereocenters. The van der Waals surface area contributed by atoms with Crippen molar-refractivity contribution >= 4 is 17.2 Å². The largest absolute Gasteiger partial charge is 0.486 e. The van der Waals surface area contributed by atoms with Gasteiger partial charge in [-0.2, -0.15) is 0 Å². The van der Waals surface area contributed by atoms with Gasteiger partial charge < -0.3 is 9.64 Å². The summed E-state index contributed by atoms with van der Waals surface area (Å²) in [4.78, 5) is 19.0. The van der Waals surface area contributed by atoms with Gasteiger partial charge in [0.05, 0.1) is 12.2 Å².